The number of amides is 1. The maximum atomic E-state index is 12.9. The van der Waals surface area contributed by atoms with Gasteiger partial charge in [-0.3, -0.25) is 9.69 Å². The minimum absolute atomic E-state index is 0.141. The van der Waals surface area contributed by atoms with Gasteiger partial charge in [0.1, 0.15) is 10.1 Å². The Morgan fingerprint density at radius 1 is 1.03 bits per heavy atom. The average molecular weight is 466 g/mol. The van der Waals surface area contributed by atoms with Crippen LogP contribution in [0.5, 0.6) is 5.75 Å². The number of rotatable bonds is 5. The van der Waals surface area contributed by atoms with Crippen molar-refractivity contribution in [3.8, 4) is 5.75 Å². The first-order valence-electron chi connectivity index (χ1n) is 9.37. The molecule has 7 heteroatoms. The first-order chi connectivity index (χ1) is 15.0. The molecular formula is C24H16ClNO3S2. The number of esters is 1. The average Bonchev–Trinajstić information content (AvgIpc) is 3.02. The topological polar surface area (TPSA) is 46.6 Å². The Bertz CT molecular complexity index is 1190. The molecule has 31 heavy (non-hydrogen) atoms. The monoisotopic (exact) mass is 465 g/mol. The first-order valence-corrected chi connectivity index (χ1v) is 11.0. The van der Waals surface area contributed by atoms with Crippen LogP contribution in [-0.2, 0) is 11.3 Å². The summed E-state index contributed by atoms with van der Waals surface area (Å²) in [5, 5.41) is 0.325. The van der Waals surface area contributed by atoms with E-state index in [1.165, 1.54) is 11.8 Å². The minimum Gasteiger partial charge on any atom is -0.423 e. The molecule has 0 aliphatic carbocycles. The summed E-state index contributed by atoms with van der Waals surface area (Å²) < 4.78 is 5.97. The maximum Gasteiger partial charge on any atom is 0.345 e. The zero-order valence-corrected chi connectivity index (χ0v) is 18.5. The van der Waals surface area contributed by atoms with Crippen molar-refractivity contribution >= 4 is 57.9 Å². The van der Waals surface area contributed by atoms with E-state index < -0.39 is 5.97 Å². The second-order valence-electron chi connectivity index (χ2n) is 6.70. The number of nitrogens with zero attached hydrogens (tertiary/aromatic N) is 1. The van der Waals surface area contributed by atoms with Gasteiger partial charge < -0.3 is 4.74 Å². The van der Waals surface area contributed by atoms with Gasteiger partial charge in [-0.25, -0.2) is 4.79 Å². The van der Waals surface area contributed by atoms with Crippen LogP contribution >= 0.6 is 35.6 Å². The molecule has 0 aromatic heterocycles. The Hall–Kier alpha value is -2.93. The third-order valence-corrected chi connectivity index (χ3v) is 6.22. The fourth-order valence-corrected chi connectivity index (χ4v) is 4.48. The van der Waals surface area contributed by atoms with Crippen molar-refractivity contribution in [1.82, 2.24) is 4.90 Å². The smallest absolute Gasteiger partial charge is 0.345 e. The van der Waals surface area contributed by atoms with E-state index in [4.69, 9.17) is 28.6 Å². The zero-order chi connectivity index (χ0) is 21.8. The van der Waals surface area contributed by atoms with Crippen molar-refractivity contribution < 1.29 is 14.3 Å². The highest BCUT2D eigenvalue weighted by molar-refractivity contribution is 8.26. The summed E-state index contributed by atoms with van der Waals surface area (Å²) in [4.78, 5) is 27.4. The van der Waals surface area contributed by atoms with Gasteiger partial charge in [-0.1, -0.05) is 90.2 Å². The Labute approximate surface area is 194 Å². The van der Waals surface area contributed by atoms with E-state index in [2.05, 4.69) is 0 Å². The Balaban J connectivity index is 1.50. The van der Waals surface area contributed by atoms with Crippen LogP contribution in [0, 0.1) is 0 Å². The second-order valence-corrected chi connectivity index (χ2v) is 8.78. The van der Waals surface area contributed by atoms with Crippen molar-refractivity contribution in [2.75, 3.05) is 0 Å². The predicted octanol–water partition coefficient (Wildman–Crippen LogP) is 5.96. The van der Waals surface area contributed by atoms with Gasteiger partial charge >= 0.3 is 5.97 Å². The molecule has 1 amide bonds. The van der Waals surface area contributed by atoms with Crippen LogP contribution in [0.15, 0.2) is 83.8 Å². The molecule has 1 aliphatic heterocycles. The number of halogens is 1. The molecule has 1 fully saturated rings. The fourth-order valence-electron chi connectivity index (χ4n) is 3.01. The van der Waals surface area contributed by atoms with Gasteiger partial charge in [-0.15, -0.1) is 0 Å². The van der Waals surface area contributed by atoms with Crippen molar-refractivity contribution in [3.05, 3.63) is 105 Å². The highest BCUT2D eigenvalue weighted by atomic mass is 35.5. The standard InChI is InChI=1S/C24H16ClNO3S2/c25-20-12-5-4-11-19(20)23(28)29-18-10-6-9-17(13-18)14-21-22(27)26(24(30)31-21)15-16-7-2-1-3-8-16/h1-14H,15H2. The summed E-state index contributed by atoms with van der Waals surface area (Å²) in [5.41, 5.74) is 2.02. The molecule has 3 aromatic rings. The number of benzene rings is 3. The molecule has 1 aliphatic rings. The number of hydrogen-bond acceptors (Lipinski definition) is 5. The van der Waals surface area contributed by atoms with Crippen LogP contribution < -0.4 is 4.74 Å². The summed E-state index contributed by atoms with van der Waals surface area (Å²) in [7, 11) is 0. The molecule has 3 aromatic carbocycles. The molecule has 0 unspecified atom stereocenters. The maximum absolute atomic E-state index is 12.9. The molecule has 0 saturated carbocycles. The van der Waals surface area contributed by atoms with Crippen LogP contribution in [0.4, 0.5) is 0 Å². The van der Waals surface area contributed by atoms with Gasteiger partial charge in [0.2, 0.25) is 0 Å². The van der Waals surface area contributed by atoms with Crippen molar-refractivity contribution in [2.45, 2.75) is 6.54 Å². The SMILES string of the molecule is O=C(Oc1cccc(C=C2SC(=S)N(Cc3ccccc3)C2=O)c1)c1ccccc1Cl. The highest BCUT2D eigenvalue weighted by Gasteiger charge is 2.31. The van der Waals surface area contributed by atoms with E-state index in [1.54, 1.807) is 53.4 Å². The molecule has 0 N–H and O–H groups in total. The number of thiocarbonyl (C=S) groups is 1. The summed E-state index contributed by atoms with van der Waals surface area (Å²) in [6.45, 7) is 0.429. The Morgan fingerprint density at radius 2 is 1.77 bits per heavy atom. The van der Waals surface area contributed by atoms with Gasteiger partial charge in [0.25, 0.3) is 5.91 Å². The Kier molecular flexibility index (Phi) is 6.51. The highest BCUT2D eigenvalue weighted by Crippen LogP contribution is 2.34. The normalized spacial score (nSPS) is 14.9. The van der Waals surface area contributed by atoms with Gasteiger partial charge in [0, 0.05) is 0 Å². The number of carbonyl (C=O) groups is 2. The third-order valence-electron chi connectivity index (χ3n) is 4.52. The van der Waals surface area contributed by atoms with Gasteiger partial charge in [-0.05, 0) is 41.5 Å². The van der Waals surface area contributed by atoms with E-state index in [1.807, 2.05) is 36.4 Å². The third kappa shape index (κ3) is 5.05. The fraction of sp³-hybridized carbons (Fsp3) is 0.0417. The summed E-state index contributed by atoms with van der Waals surface area (Å²) in [6.07, 6.45) is 1.75. The lowest BCUT2D eigenvalue weighted by Crippen LogP contribution is -2.27. The van der Waals surface area contributed by atoms with Gasteiger partial charge in [-0.2, -0.15) is 0 Å². The lowest BCUT2D eigenvalue weighted by molar-refractivity contribution is -0.122. The first kappa shape index (κ1) is 21.3. The summed E-state index contributed by atoms with van der Waals surface area (Å²) in [6, 6.07) is 23.4. The quantitative estimate of drug-likeness (QED) is 0.201. The van der Waals surface area contributed by atoms with E-state index in [0.29, 0.717) is 26.5 Å². The molecule has 0 radical (unpaired) electrons. The number of ether oxygens (including phenoxy) is 1. The Morgan fingerprint density at radius 3 is 2.55 bits per heavy atom. The van der Waals surface area contributed by atoms with Gasteiger partial charge in [0.05, 0.1) is 22.0 Å². The van der Waals surface area contributed by atoms with Crippen LogP contribution in [0.1, 0.15) is 21.5 Å². The summed E-state index contributed by atoms with van der Waals surface area (Å²) in [5.74, 6) is -0.326. The van der Waals surface area contributed by atoms with Crippen LogP contribution in [-0.4, -0.2) is 21.1 Å². The molecule has 0 bridgehead atoms. The van der Waals surface area contributed by atoms with Crippen molar-refractivity contribution in [1.29, 1.82) is 0 Å². The molecule has 1 heterocycles. The van der Waals surface area contributed by atoms with E-state index in [-0.39, 0.29) is 11.5 Å². The second kappa shape index (κ2) is 9.47. The predicted molar refractivity (Wildman–Crippen MR) is 128 cm³/mol. The lowest BCUT2D eigenvalue weighted by Gasteiger charge is -2.14. The molecule has 0 atom stereocenters. The van der Waals surface area contributed by atoms with E-state index in [0.717, 1.165) is 11.1 Å². The number of thioether (sulfide) groups is 1. The van der Waals surface area contributed by atoms with Crippen LogP contribution in [0.3, 0.4) is 0 Å². The molecular weight excluding hydrogens is 450 g/mol. The number of hydrogen-bond donors (Lipinski definition) is 0. The van der Waals surface area contributed by atoms with Crippen LogP contribution in [0.25, 0.3) is 6.08 Å². The molecule has 4 nitrogen and oxygen atoms in total. The lowest BCUT2D eigenvalue weighted by atomic mass is 10.2. The van der Waals surface area contributed by atoms with E-state index >= 15 is 0 Å². The van der Waals surface area contributed by atoms with Crippen LogP contribution in [0.2, 0.25) is 5.02 Å². The summed E-state index contributed by atoms with van der Waals surface area (Å²) >= 11 is 12.7. The van der Waals surface area contributed by atoms with E-state index in [9.17, 15) is 9.59 Å². The van der Waals surface area contributed by atoms with Crippen molar-refractivity contribution in [3.63, 3.8) is 0 Å². The molecule has 154 valence electrons. The minimum atomic E-state index is -0.545. The van der Waals surface area contributed by atoms with Gasteiger partial charge in [0.15, 0.2) is 0 Å². The molecule has 4 rings (SSSR count). The van der Waals surface area contributed by atoms with Crippen molar-refractivity contribution in [2.24, 2.45) is 0 Å². The molecule has 0 spiro atoms. The number of carbonyl (C=O) groups excluding carboxylic acids is 2. The zero-order valence-electron chi connectivity index (χ0n) is 16.2. The molecule has 1 saturated heterocycles. The largest absolute Gasteiger partial charge is 0.423 e.